The summed E-state index contributed by atoms with van der Waals surface area (Å²) in [7, 11) is 0. The van der Waals surface area contributed by atoms with Crippen LogP contribution in [0.15, 0.2) is 53.6 Å². The molecular formula is C16H9F2NO3. The SMILES string of the molecule is O=C(O)c1ccc2c(-c3c(F)cccc3F)c(=O)ccn2c1. The number of fused-ring (bicyclic) bond motifs is 1. The van der Waals surface area contributed by atoms with Gasteiger partial charge in [0.1, 0.15) is 11.6 Å². The number of carboxylic acid groups (broad SMARTS) is 1. The highest BCUT2D eigenvalue weighted by molar-refractivity contribution is 5.89. The molecule has 4 nitrogen and oxygen atoms in total. The number of hydrogen-bond donors (Lipinski definition) is 1. The maximum Gasteiger partial charge on any atom is 0.337 e. The lowest BCUT2D eigenvalue weighted by Crippen LogP contribution is -2.10. The average Bonchev–Trinajstić information content (AvgIpc) is 2.48. The molecule has 1 N–H and O–H groups in total. The first kappa shape index (κ1) is 13.9. The summed E-state index contributed by atoms with van der Waals surface area (Å²) in [6.45, 7) is 0. The van der Waals surface area contributed by atoms with Gasteiger partial charge in [-0.3, -0.25) is 4.79 Å². The first-order valence-corrected chi connectivity index (χ1v) is 6.32. The molecule has 22 heavy (non-hydrogen) atoms. The molecule has 0 amide bonds. The molecule has 0 bridgehead atoms. The van der Waals surface area contributed by atoms with E-state index >= 15 is 0 Å². The zero-order chi connectivity index (χ0) is 15.9. The lowest BCUT2D eigenvalue weighted by atomic mass is 10.0. The summed E-state index contributed by atoms with van der Waals surface area (Å²) in [5, 5.41) is 8.98. The molecule has 0 radical (unpaired) electrons. The van der Waals surface area contributed by atoms with Gasteiger partial charge in [-0.05, 0) is 24.3 Å². The van der Waals surface area contributed by atoms with Gasteiger partial charge in [0, 0.05) is 18.5 Å². The summed E-state index contributed by atoms with van der Waals surface area (Å²) in [4.78, 5) is 23.1. The smallest absolute Gasteiger partial charge is 0.337 e. The number of rotatable bonds is 2. The molecule has 3 rings (SSSR count). The van der Waals surface area contributed by atoms with Crippen LogP contribution in [-0.2, 0) is 0 Å². The van der Waals surface area contributed by atoms with Crippen molar-refractivity contribution in [3.8, 4) is 11.1 Å². The van der Waals surface area contributed by atoms with Crippen molar-refractivity contribution in [3.05, 3.63) is 76.2 Å². The number of halogens is 2. The Morgan fingerprint density at radius 1 is 1.00 bits per heavy atom. The Kier molecular flexibility index (Phi) is 3.21. The van der Waals surface area contributed by atoms with Gasteiger partial charge in [-0.2, -0.15) is 0 Å². The highest BCUT2D eigenvalue weighted by atomic mass is 19.1. The lowest BCUT2D eigenvalue weighted by Gasteiger charge is -2.10. The van der Waals surface area contributed by atoms with Gasteiger partial charge in [0.2, 0.25) is 0 Å². The van der Waals surface area contributed by atoms with Crippen LogP contribution in [0.3, 0.4) is 0 Å². The van der Waals surface area contributed by atoms with Gasteiger partial charge in [0.15, 0.2) is 5.43 Å². The molecule has 0 aliphatic carbocycles. The number of hydrogen-bond acceptors (Lipinski definition) is 2. The predicted octanol–water partition coefficient (Wildman–Crippen LogP) is 2.94. The number of benzene rings is 1. The maximum atomic E-state index is 14.0. The van der Waals surface area contributed by atoms with E-state index in [1.807, 2.05) is 0 Å². The fraction of sp³-hybridized carbons (Fsp3) is 0. The molecule has 3 aromatic rings. The first-order chi connectivity index (χ1) is 10.5. The third-order valence-corrected chi connectivity index (χ3v) is 3.33. The van der Waals surface area contributed by atoms with Crippen LogP contribution in [0.4, 0.5) is 8.78 Å². The number of nitrogens with zero attached hydrogens (tertiary/aromatic N) is 1. The van der Waals surface area contributed by atoms with Crippen molar-refractivity contribution in [1.29, 1.82) is 0 Å². The van der Waals surface area contributed by atoms with Crippen LogP contribution < -0.4 is 5.43 Å². The van der Waals surface area contributed by atoms with E-state index in [0.717, 1.165) is 18.2 Å². The summed E-state index contributed by atoms with van der Waals surface area (Å²) in [6.07, 6.45) is 2.63. The monoisotopic (exact) mass is 301 g/mol. The number of carboxylic acids is 1. The normalized spacial score (nSPS) is 10.8. The summed E-state index contributed by atoms with van der Waals surface area (Å²) >= 11 is 0. The molecule has 2 heterocycles. The van der Waals surface area contributed by atoms with Crippen molar-refractivity contribution in [2.45, 2.75) is 0 Å². The fourth-order valence-corrected chi connectivity index (χ4v) is 2.32. The molecule has 0 spiro atoms. The summed E-state index contributed by atoms with van der Waals surface area (Å²) in [5.74, 6) is -2.85. The zero-order valence-corrected chi connectivity index (χ0v) is 11.1. The van der Waals surface area contributed by atoms with Crippen LogP contribution in [0.5, 0.6) is 0 Å². The summed E-state index contributed by atoms with van der Waals surface area (Å²) < 4.78 is 29.3. The molecule has 6 heteroatoms. The number of aromatic carboxylic acids is 1. The number of pyridine rings is 2. The number of aromatic nitrogens is 1. The molecule has 0 atom stereocenters. The topological polar surface area (TPSA) is 58.8 Å². The van der Waals surface area contributed by atoms with E-state index in [2.05, 4.69) is 0 Å². The van der Waals surface area contributed by atoms with Crippen LogP contribution in [0.2, 0.25) is 0 Å². The van der Waals surface area contributed by atoms with Crippen LogP contribution in [-0.4, -0.2) is 15.5 Å². The average molecular weight is 301 g/mol. The zero-order valence-electron chi connectivity index (χ0n) is 11.1. The maximum absolute atomic E-state index is 14.0. The minimum atomic E-state index is -1.14. The van der Waals surface area contributed by atoms with E-state index < -0.39 is 28.6 Å². The largest absolute Gasteiger partial charge is 0.478 e. The molecular weight excluding hydrogens is 292 g/mol. The van der Waals surface area contributed by atoms with Crippen molar-refractivity contribution in [3.63, 3.8) is 0 Å². The van der Waals surface area contributed by atoms with Crippen LogP contribution >= 0.6 is 0 Å². The Bertz CT molecular complexity index is 943. The van der Waals surface area contributed by atoms with Gasteiger partial charge in [0.05, 0.1) is 22.2 Å². The molecule has 1 aromatic carbocycles. The molecule has 0 fully saturated rings. The van der Waals surface area contributed by atoms with Crippen LogP contribution in [0, 0.1) is 11.6 Å². The van der Waals surface area contributed by atoms with Gasteiger partial charge in [-0.1, -0.05) is 6.07 Å². The molecule has 0 saturated heterocycles. The Labute approximate surface area is 122 Å². The second kappa shape index (κ2) is 5.07. The van der Waals surface area contributed by atoms with Gasteiger partial charge >= 0.3 is 5.97 Å². The van der Waals surface area contributed by atoms with Crippen LogP contribution in [0.25, 0.3) is 16.6 Å². The van der Waals surface area contributed by atoms with Crippen molar-refractivity contribution < 1.29 is 18.7 Å². The molecule has 0 unspecified atom stereocenters. The second-order valence-electron chi connectivity index (χ2n) is 4.67. The predicted molar refractivity (Wildman–Crippen MR) is 76.0 cm³/mol. The molecule has 0 aliphatic heterocycles. The third-order valence-electron chi connectivity index (χ3n) is 3.33. The van der Waals surface area contributed by atoms with E-state index in [0.29, 0.717) is 0 Å². The van der Waals surface area contributed by atoms with E-state index in [9.17, 15) is 18.4 Å². The minimum Gasteiger partial charge on any atom is -0.478 e. The van der Waals surface area contributed by atoms with Crippen molar-refractivity contribution >= 4 is 11.5 Å². The summed E-state index contributed by atoms with van der Waals surface area (Å²) in [6, 6.07) is 7.10. The van der Waals surface area contributed by atoms with Crippen molar-refractivity contribution in [2.75, 3.05) is 0 Å². The van der Waals surface area contributed by atoms with Gasteiger partial charge in [-0.15, -0.1) is 0 Å². The van der Waals surface area contributed by atoms with Crippen molar-refractivity contribution in [1.82, 2.24) is 4.40 Å². The van der Waals surface area contributed by atoms with E-state index in [4.69, 9.17) is 5.11 Å². The van der Waals surface area contributed by atoms with E-state index in [1.165, 1.54) is 35.0 Å². The molecule has 0 saturated carbocycles. The van der Waals surface area contributed by atoms with E-state index in [-0.39, 0.29) is 16.6 Å². The van der Waals surface area contributed by atoms with Gasteiger partial charge < -0.3 is 9.51 Å². The first-order valence-electron chi connectivity index (χ1n) is 6.32. The van der Waals surface area contributed by atoms with Gasteiger partial charge in [-0.25, -0.2) is 13.6 Å². The van der Waals surface area contributed by atoms with Crippen molar-refractivity contribution in [2.24, 2.45) is 0 Å². The molecule has 110 valence electrons. The highest BCUT2D eigenvalue weighted by Gasteiger charge is 2.17. The van der Waals surface area contributed by atoms with Gasteiger partial charge in [0.25, 0.3) is 0 Å². The third kappa shape index (κ3) is 2.14. The van der Waals surface area contributed by atoms with E-state index in [1.54, 1.807) is 0 Å². The quantitative estimate of drug-likeness (QED) is 0.791. The fourth-order valence-electron chi connectivity index (χ4n) is 2.32. The Morgan fingerprint density at radius 2 is 1.68 bits per heavy atom. The Morgan fingerprint density at radius 3 is 2.32 bits per heavy atom. The second-order valence-corrected chi connectivity index (χ2v) is 4.67. The Hall–Kier alpha value is -3.02. The minimum absolute atomic E-state index is 0.00361. The highest BCUT2D eigenvalue weighted by Crippen LogP contribution is 2.27. The molecule has 0 aliphatic rings. The Balaban J connectivity index is 2.41. The molecule has 2 aromatic heterocycles. The standard InChI is InChI=1S/C16H9F2NO3/c17-10-2-1-3-11(18)14(10)15-12-5-4-9(16(21)22)8-19(12)7-6-13(15)20/h1-8H,(H,21,22). The lowest BCUT2D eigenvalue weighted by molar-refractivity contribution is 0.0696. The number of carbonyl (C=O) groups is 1. The van der Waals surface area contributed by atoms with Crippen LogP contribution in [0.1, 0.15) is 10.4 Å². The summed E-state index contributed by atoms with van der Waals surface area (Å²) in [5.41, 5.74) is -0.895.